The Balaban J connectivity index is 1.59. The van der Waals surface area contributed by atoms with E-state index in [1.54, 1.807) is 11.0 Å². The summed E-state index contributed by atoms with van der Waals surface area (Å²) >= 11 is 0. The Labute approximate surface area is 149 Å². The van der Waals surface area contributed by atoms with Crippen LogP contribution in [0.15, 0.2) is 39.9 Å². The van der Waals surface area contributed by atoms with Gasteiger partial charge in [0.2, 0.25) is 0 Å². The molecule has 134 valence electrons. The standard InChI is InChI=1S/C19H19N3O4/c23-17-15-4-7-22(11-16(15)20-19(25)21-17)18(24)14-3-1-2-13(10-14)12-5-8-26-9-6-12/h1-3,5,10H,4,6-9,11H2,(H2,20,21,23,25). The van der Waals surface area contributed by atoms with Crippen LogP contribution in [0.2, 0.25) is 0 Å². The molecule has 0 fully saturated rings. The van der Waals surface area contributed by atoms with E-state index in [1.165, 1.54) is 5.57 Å². The molecule has 2 N–H and O–H groups in total. The molecular formula is C19H19N3O4. The van der Waals surface area contributed by atoms with Crippen LogP contribution in [0.5, 0.6) is 0 Å². The highest BCUT2D eigenvalue weighted by molar-refractivity contribution is 5.95. The number of nitrogens with zero attached hydrogens (tertiary/aromatic N) is 1. The van der Waals surface area contributed by atoms with Crippen LogP contribution in [0.4, 0.5) is 0 Å². The molecule has 0 aliphatic carbocycles. The third-order valence-electron chi connectivity index (χ3n) is 4.84. The molecule has 1 aromatic heterocycles. The maximum atomic E-state index is 12.9. The van der Waals surface area contributed by atoms with Crippen molar-refractivity contribution in [1.82, 2.24) is 14.9 Å². The van der Waals surface area contributed by atoms with Crippen molar-refractivity contribution in [2.24, 2.45) is 0 Å². The van der Waals surface area contributed by atoms with Crippen molar-refractivity contribution >= 4 is 11.5 Å². The third-order valence-corrected chi connectivity index (χ3v) is 4.84. The number of rotatable bonds is 2. The number of carbonyl (C=O) groups excluding carboxylic acids is 1. The molecule has 7 nitrogen and oxygen atoms in total. The number of aromatic amines is 2. The quantitative estimate of drug-likeness (QED) is 0.844. The minimum atomic E-state index is -0.545. The zero-order chi connectivity index (χ0) is 18.1. The number of hydrogen-bond acceptors (Lipinski definition) is 4. The van der Waals surface area contributed by atoms with Gasteiger partial charge in [0.1, 0.15) is 0 Å². The fourth-order valence-corrected chi connectivity index (χ4v) is 3.47. The van der Waals surface area contributed by atoms with E-state index in [0.717, 1.165) is 12.0 Å². The molecule has 3 heterocycles. The third kappa shape index (κ3) is 3.13. The van der Waals surface area contributed by atoms with E-state index < -0.39 is 5.69 Å². The molecule has 1 aromatic carbocycles. The van der Waals surface area contributed by atoms with Crippen molar-refractivity contribution in [3.63, 3.8) is 0 Å². The van der Waals surface area contributed by atoms with Crippen LogP contribution in [0, 0.1) is 0 Å². The van der Waals surface area contributed by atoms with Crippen LogP contribution >= 0.6 is 0 Å². The van der Waals surface area contributed by atoms with E-state index in [-0.39, 0.29) is 18.0 Å². The second-order valence-corrected chi connectivity index (χ2v) is 6.48. The predicted molar refractivity (Wildman–Crippen MR) is 96.0 cm³/mol. The molecule has 2 aliphatic rings. The first-order chi connectivity index (χ1) is 12.6. The van der Waals surface area contributed by atoms with E-state index in [0.29, 0.717) is 43.0 Å². The second-order valence-electron chi connectivity index (χ2n) is 6.48. The zero-order valence-electron chi connectivity index (χ0n) is 14.2. The van der Waals surface area contributed by atoms with E-state index in [9.17, 15) is 14.4 Å². The number of benzene rings is 1. The Bertz CT molecular complexity index is 1000. The van der Waals surface area contributed by atoms with Crippen molar-refractivity contribution in [2.45, 2.75) is 19.4 Å². The number of ether oxygens (including phenoxy) is 1. The van der Waals surface area contributed by atoms with Gasteiger partial charge >= 0.3 is 5.69 Å². The summed E-state index contributed by atoms with van der Waals surface area (Å²) in [6, 6.07) is 7.57. The number of H-pyrrole nitrogens is 2. The lowest BCUT2D eigenvalue weighted by Gasteiger charge is -2.28. The molecule has 26 heavy (non-hydrogen) atoms. The molecule has 0 saturated heterocycles. The minimum Gasteiger partial charge on any atom is -0.377 e. The van der Waals surface area contributed by atoms with Crippen LogP contribution in [-0.4, -0.2) is 40.5 Å². The highest BCUT2D eigenvalue weighted by Gasteiger charge is 2.24. The van der Waals surface area contributed by atoms with E-state index in [4.69, 9.17) is 4.74 Å². The number of fused-ring (bicyclic) bond motifs is 1. The van der Waals surface area contributed by atoms with Gasteiger partial charge in [-0.05, 0) is 36.1 Å². The molecule has 0 radical (unpaired) electrons. The largest absolute Gasteiger partial charge is 0.377 e. The van der Waals surface area contributed by atoms with E-state index in [1.807, 2.05) is 24.3 Å². The molecule has 2 aliphatic heterocycles. The van der Waals surface area contributed by atoms with E-state index in [2.05, 4.69) is 9.97 Å². The summed E-state index contributed by atoms with van der Waals surface area (Å²) in [6.07, 6.45) is 3.30. The summed E-state index contributed by atoms with van der Waals surface area (Å²) < 4.78 is 5.34. The SMILES string of the molecule is O=C(c1cccc(C2=CCOCC2)c1)N1CCc2c([nH]c(=O)[nH]c2=O)C1. The number of carbonyl (C=O) groups is 1. The van der Waals surface area contributed by atoms with Gasteiger partial charge in [-0.1, -0.05) is 18.2 Å². The van der Waals surface area contributed by atoms with Crippen molar-refractivity contribution in [3.05, 3.63) is 73.6 Å². The summed E-state index contributed by atoms with van der Waals surface area (Å²) in [5, 5.41) is 0. The predicted octanol–water partition coefficient (Wildman–Crippen LogP) is 1.07. The molecule has 0 bridgehead atoms. The lowest BCUT2D eigenvalue weighted by Crippen LogP contribution is -2.41. The van der Waals surface area contributed by atoms with Crippen molar-refractivity contribution in [2.75, 3.05) is 19.8 Å². The van der Waals surface area contributed by atoms with Gasteiger partial charge in [-0.3, -0.25) is 14.6 Å². The van der Waals surface area contributed by atoms with E-state index >= 15 is 0 Å². The summed E-state index contributed by atoms with van der Waals surface area (Å²) in [4.78, 5) is 42.8. The highest BCUT2D eigenvalue weighted by atomic mass is 16.5. The summed E-state index contributed by atoms with van der Waals surface area (Å²) in [7, 11) is 0. The lowest BCUT2D eigenvalue weighted by atomic mass is 9.98. The van der Waals surface area contributed by atoms with Crippen LogP contribution in [0.3, 0.4) is 0 Å². The Kier molecular flexibility index (Phi) is 4.30. The molecule has 2 aromatic rings. The van der Waals surface area contributed by atoms with Crippen molar-refractivity contribution in [3.8, 4) is 0 Å². The van der Waals surface area contributed by atoms with Crippen LogP contribution in [-0.2, 0) is 17.7 Å². The molecule has 7 heteroatoms. The molecule has 0 unspecified atom stereocenters. The first kappa shape index (κ1) is 16.5. The van der Waals surface area contributed by atoms with Gasteiger partial charge in [0.15, 0.2) is 0 Å². The van der Waals surface area contributed by atoms with Gasteiger partial charge in [0.25, 0.3) is 11.5 Å². The Morgan fingerprint density at radius 3 is 2.85 bits per heavy atom. The molecular weight excluding hydrogens is 334 g/mol. The number of hydrogen-bond donors (Lipinski definition) is 2. The summed E-state index contributed by atoms with van der Waals surface area (Å²) in [5.74, 6) is -0.105. The lowest BCUT2D eigenvalue weighted by molar-refractivity contribution is 0.0731. The van der Waals surface area contributed by atoms with Gasteiger partial charge in [-0.25, -0.2) is 4.79 Å². The zero-order valence-corrected chi connectivity index (χ0v) is 14.2. The summed E-state index contributed by atoms with van der Waals surface area (Å²) in [6.45, 7) is 1.96. The van der Waals surface area contributed by atoms with Crippen molar-refractivity contribution < 1.29 is 9.53 Å². The molecule has 4 rings (SSSR count). The van der Waals surface area contributed by atoms with Gasteiger partial charge in [-0.15, -0.1) is 0 Å². The normalized spacial score (nSPS) is 16.8. The average Bonchev–Trinajstić information content (AvgIpc) is 2.67. The van der Waals surface area contributed by atoms with Gasteiger partial charge in [-0.2, -0.15) is 0 Å². The van der Waals surface area contributed by atoms with Crippen LogP contribution in [0.1, 0.15) is 33.6 Å². The van der Waals surface area contributed by atoms with Gasteiger partial charge < -0.3 is 14.6 Å². The Hall–Kier alpha value is -2.93. The van der Waals surface area contributed by atoms with Gasteiger partial charge in [0, 0.05) is 23.4 Å². The fourth-order valence-electron chi connectivity index (χ4n) is 3.47. The van der Waals surface area contributed by atoms with Gasteiger partial charge in [0.05, 0.1) is 19.8 Å². The molecule has 0 saturated carbocycles. The second kappa shape index (κ2) is 6.76. The molecule has 1 amide bonds. The van der Waals surface area contributed by atoms with Crippen molar-refractivity contribution in [1.29, 1.82) is 0 Å². The van der Waals surface area contributed by atoms with Crippen LogP contribution in [0.25, 0.3) is 5.57 Å². The smallest absolute Gasteiger partial charge is 0.325 e. The summed E-state index contributed by atoms with van der Waals surface area (Å²) in [5.41, 5.74) is 2.97. The van der Waals surface area contributed by atoms with Crippen LogP contribution < -0.4 is 11.2 Å². The highest BCUT2D eigenvalue weighted by Crippen LogP contribution is 2.23. The minimum absolute atomic E-state index is 0.105. The average molecular weight is 353 g/mol. The first-order valence-corrected chi connectivity index (χ1v) is 8.62. The number of aromatic nitrogens is 2. The molecule has 0 atom stereocenters. The topological polar surface area (TPSA) is 95.3 Å². The Morgan fingerprint density at radius 1 is 1.15 bits per heavy atom. The fraction of sp³-hybridized carbons (Fsp3) is 0.316. The monoisotopic (exact) mass is 353 g/mol. The molecule has 0 spiro atoms. The number of amides is 1. The maximum Gasteiger partial charge on any atom is 0.325 e. The Morgan fingerprint density at radius 2 is 2.04 bits per heavy atom. The first-order valence-electron chi connectivity index (χ1n) is 8.62. The number of nitrogens with one attached hydrogen (secondary N) is 2. The maximum absolute atomic E-state index is 12.9.